The summed E-state index contributed by atoms with van der Waals surface area (Å²) in [4.78, 5) is 23.3. The molecule has 0 aliphatic carbocycles. The van der Waals surface area contributed by atoms with Gasteiger partial charge in [0, 0.05) is 11.1 Å². The smallest absolute Gasteiger partial charge is 0.375 e. The molecule has 0 spiro atoms. The number of alkyl halides is 3. The number of anilines is 1. The number of halogens is 3. The summed E-state index contributed by atoms with van der Waals surface area (Å²) in [7, 11) is 0. The Labute approximate surface area is 145 Å². The van der Waals surface area contributed by atoms with Crippen molar-refractivity contribution in [3.05, 3.63) is 54.4 Å². The molecule has 3 rings (SSSR count). The minimum Gasteiger partial charge on any atom is -0.375 e. The Hall–Kier alpha value is -2.94. The highest BCUT2D eigenvalue weighted by Crippen LogP contribution is 2.32. The van der Waals surface area contributed by atoms with E-state index in [1.807, 2.05) is 0 Å². The standard InChI is InChI=1S/C15H10ClF2N5O2/c16-15(17,18)14-22-13(23-25-14)10-3-1-9(2-4-10)12(24)7-21-11-5-19-8-20-6-11/h1-6,8,21H,7H2. The molecule has 0 saturated heterocycles. The van der Waals surface area contributed by atoms with E-state index in [4.69, 9.17) is 11.6 Å². The van der Waals surface area contributed by atoms with Crippen molar-refractivity contribution in [3.63, 3.8) is 0 Å². The van der Waals surface area contributed by atoms with Crippen LogP contribution in [-0.2, 0) is 5.38 Å². The average molecular weight is 366 g/mol. The van der Waals surface area contributed by atoms with Crippen molar-refractivity contribution in [1.29, 1.82) is 0 Å². The van der Waals surface area contributed by atoms with Crippen LogP contribution < -0.4 is 5.32 Å². The molecule has 1 N–H and O–H groups in total. The number of hydrogen-bond acceptors (Lipinski definition) is 7. The van der Waals surface area contributed by atoms with Crippen LogP contribution in [-0.4, -0.2) is 32.4 Å². The molecule has 0 amide bonds. The van der Waals surface area contributed by atoms with Crippen LogP contribution >= 0.6 is 11.6 Å². The van der Waals surface area contributed by atoms with Gasteiger partial charge in [0.25, 0.3) is 0 Å². The van der Waals surface area contributed by atoms with Crippen molar-refractivity contribution in [2.45, 2.75) is 5.38 Å². The van der Waals surface area contributed by atoms with Crippen molar-refractivity contribution >= 4 is 23.1 Å². The Kier molecular flexibility index (Phi) is 4.66. The number of hydrogen-bond donors (Lipinski definition) is 1. The number of nitrogens with zero attached hydrogens (tertiary/aromatic N) is 4. The fraction of sp³-hybridized carbons (Fsp3) is 0.133. The second-order valence-corrected chi connectivity index (χ2v) is 5.38. The lowest BCUT2D eigenvalue weighted by Gasteiger charge is -2.05. The third-order valence-corrected chi connectivity index (χ3v) is 3.31. The van der Waals surface area contributed by atoms with E-state index in [2.05, 4.69) is 29.9 Å². The number of carbonyl (C=O) groups excluding carboxylic acids is 1. The van der Waals surface area contributed by atoms with Gasteiger partial charge in [-0.15, -0.1) is 0 Å². The summed E-state index contributed by atoms with van der Waals surface area (Å²) < 4.78 is 30.2. The second kappa shape index (κ2) is 6.89. The highest BCUT2D eigenvalue weighted by molar-refractivity contribution is 6.21. The molecule has 1 aromatic carbocycles. The van der Waals surface area contributed by atoms with E-state index in [-0.39, 0.29) is 18.2 Å². The molecular weight excluding hydrogens is 356 g/mol. The summed E-state index contributed by atoms with van der Waals surface area (Å²) in [5.41, 5.74) is 1.46. The predicted octanol–water partition coefficient (Wildman–Crippen LogP) is 3.11. The molecule has 0 unspecified atom stereocenters. The Bertz CT molecular complexity index is 866. The summed E-state index contributed by atoms with van der Waals surface area (Å²) in [6, 6.07) is 6.13. The molecule has 25 heavy (non-hydrogen) atoms. The van der Waals surface area contributed by atoms with Crippen LogP contribution in [0.5, 0.6) is 0 Å². The Morgan fingerprint density at radius 3 is 2.48 bits per heavy atom. The Morgan fingerprint density at radius 2 is 1.88 bits per heavy atom. The van der Waals surface area contributed by atoms with Crippen LogP contribution in [0, 0.1) is 0 Å². The molecule has 7 nitrogen and oxygen atoms in total. The van der Waals surface area contributed by atoms with Gasteiger partial charge < -0.3 is 9.84 Å². The second-order valence-electron chi connectivity index (χ2n) is 4.90. The van der Waals surface area contributed by atoms with Crippen LogP contribution in [0.15, 0.2) is 47.5 Å². The fourth-order valence-electron chi connectivity index (χ4n) is 1.94. The third-order valence-electron chi connectivity index (χ3n) is 3.15. The zero-order valence-electron chi connectivity index (χ0n) is 12.5. The van der Waals surface area contributed by atoms with Crippen molar-refractivity contribution in [2.24, 2.45) is 0 Å². The van der Waals surface area contributed by atoms with E-state index >= 15 is 0 Å². The van der Waals surface area contributed by atoms with Gasteiger partial charge in [0.15, 0.2) is 5.78 Å². The van der Waals surface area contributed by atoms with Gasteiger partial charge in [0.05, 0.1) is 24.6 Å². The number of carbonyl (C=O) groups is 1. The maximum atomic E-state index is 12.9. The Morgan fingerprint density at radius 1 is 1.20 bits per heavy atom. The third kappa shape index (κ3) is 4.13. The van der Waals surface area contributed by atoms with Crippen LogP contribution in [0.3, 0.4) is 0 Å². The minimum atomic E-state index is -3.73. The number of ketones is 1. The van der Waals surface area contributed by atoms with Gasteiger partial charge in [-0.2, -0.15) is 13.8 Å². The first-order valence-electron chi connectivity index (χ1n) is 6.97. The van der Waals surface area contributed by atoms with Crippen molar-refractivity contribution < 1.29 is 18.1 Å². The molecule has 2 aromatic heterocycles. The zero-order valence-corrected chi connectivity index (χ0v) is 13.2. The summed E-state index contributed by atoms with van der Waals surface area (Å²) in [6.07, 6.45) is 4.48. The number of Topliss-reactive ketones (excluding diaryl/α,β-unsaturated/α-hetero) is 1. The highest BCUT2D eigenvalue weighted by atomic mass is 35.5. The summed E-state index contributed by atoms with van der Waals surface area (Å²) in [5.74, 6) is -1.20. The molecule has 0 saturated carbocycles. The molecule has 0 bridgehead atoms. The maximum absolute atomic E-state index is 12.9. The van der Waals surface area contributed by atoms with Crippen LogP contribution in [0.25, 0.3) is 11.4 Å². The van der Waals surface area contributed by atoms with E-state index in [1.54, 1.807) is 12.4 Å². The quantitative estimate of drug-likeness (QED) is 0.529. The van der Waals surface area contributed by atoms with Gasteiger partial charge in [-0.25, -0.2) is 9.97 Å². The minimum absolute atomic E-state index is 0.0473. The van der Waals surface area contributed by atoms with Crippen molar-refractivity contribution in [3.8, 4) is 11.4 Å². The van der Waals surface area contributed by atoms with E-state index < -0.39 is 11.3 Å². The van der Waals surface area contributed by atoms with Crippen molar-refractivity contribution in [2.75, 3.05) is 11.9 Å². The van der Waals surface area contributed by atoms with E-state index in [9.17, 15) is 13.6 Å². The molecule has 2 heterocycles. The van der Waals surface area contributed by atoms with E-state index in [0.29, 0.717) is 16.8 Å². The topological polar surface area (TPSA) is 93.8 Å². The molecule has 10 heteroatoms. The molecular formula is C15H10ClF2N5O2. The van der Waals surface area contributed by atoms with E-state index in [1.165, 1.54) is 30.6 Å². The first-order valence-corrected chi connectivity index (χ1v) is 7.35. The first-order chi connectivity index (χ1) is 11.9. The number of rotatable bonds is 6. The van der Waals surface area contributed by atoms with Crippen LogP contribution in [0.4, 0.5) is 14.5 Å². The molecule has 3 aromatic rings. The van der Waals surface area contributed by atoms with Crippen LogP contribution in [0.1, 0.15) is 16.2 Å². The molecule has 0 fully saturated rings. The van der Waals surface area contributed by atoms with E-state index in [0.717, 1.165) is 0 Å². The average Bonchev–Trinajstić information content (AvgIpc) is 3.11. The lowest BCUT2D eigenvalue weighted by atomic mass is 10.1. The molecule has 0 atom stereocenters. The maximum Gasteiger partial charge on any atom is 0.400 e. The van der Waals surface area contributed by atoms with Crippen LogP contribution in [0.2, 0.25) is 0 Å². The fourth-order valence-corrected chi connectivity index (χ4v) is 2.01. The highest BCUT2D eigenvalue weighted by Gasteiger charge is 2.35. The monoisotopic (exact) mass is 365 g/mol. The summed E-state index contributed by atoms with van der Waals surface area (Å²) >= 11 is 4.82. The molecule has 128 valence electrons. The lowest BCUT2D eigenvalue weighted by Crippen LogP contribution is -2.14. The van der Waals surface area contributed by atoms with Gasteiger partial charge >= 0.3 is 11.3 Å². The van der Waals surface area contributed by atoms with Gasteiger partial charge in [0.1, 0.15) is 6.33 Å². The molecule has 0 aliphatic rings. The summed E-state index contributed by atoms with van der Waals surface area (Å²) in [6.45, 7) is 0.0531. The SMILES string of the molecule is O=C(CNc1cncnc1)c1ccc(-c2noc(C(F)(F)Cl)n2)cc1. The normalized spacial score (nSPS) is 11.3. The Balaban J connectivity index is 1.67. The lowest BCUT2D eigenvalue weighted by molar-refractivity contribution is 0.0551. The first kappa shape index (κ1) is 16.9. The predicted molar refractivity (Wildman–Crippen MR) is 84.3 cm³/mol. The van der Waals surface area contributed by atoms with Crippen molar-refractivity contribution in [1.82, 2.24) is 20.1 Å². The van der Waals surface area contributed by atoms with Gasteiger partial charge in [-0.05, 0) is 11.6 Å². The van der Waals surface area contributed by atoms with Gasteiger partial charge in [-0.3, -0.25) is 4.79 Å². The molecule has 0 radical (unpaired) electrons. The molecule has 0 aliphatic heterocycles. The zero-order chi connectivity index (χ0) is 17.9. The van der Waals surface area contributed by atoms with Gasteiger partial charge in [0.2, 0.25) is 5.82 Å². The summed E-state index contributed by atoms with van der Waals surface area (Å²) in [5, 5.41) is 2.61. The van der Waals surface area contributed by atoms with Gasteiger partial charge in [-0.1, -0.05) is 29.4 Å². The number of benzene rings is 1. The number of nitrogens with one attached hydrogen (secondary N) is 1. The number of aromatic nitrogens is 4. The largest absolute Gasteiger partial charge is 0.400 e.